The molecule has 0 atom stereocenters. The molecule has 4 heteroatoms. The van der Waals surface area contributed by atoms with Crippen molar-refractivity contribution in [2.75, 3.05) is 0 Å². The zero-order chi connectivity index (χ0) is 7.98. The van der Waals surface area contributed by atoms with Crippen molar-refractivity contribution < 1.29 is 9.59 Å². The number of allylic oxidation sites excluding steroid dienone is 4. The van der Waals surface area contributed by atoms with Gasteiger partial charge in [0, 0.05) is 0 Å². The van der Waals surface area contributed by atoms with Crippen LogP contribution in [0.1, 0.15) is 0 Å². The first-order valence-corrected chi connectivity index (χ1v) is 3.95. The summed E-state index contributed by atoms with van der Waals surface area (Å²) in [5.74, 6) is 0. The third kappa shape index (κ3) is 7.78. The Morgan fingerprint density at radius 3 is 1.40 bits per heavy atom. The van der Waals surface area contributed by atoms with E-state index in [9.17, 15) is 9.59 Å². The standard InChI is InChI=1S/C6H4Br2O2/c7-5(9)3-1-2-4-6(8)10/h1-4H/b3-1+,4-2+. The summed E-state index contributed by atoms with van der Waals surface area (Å²) in [6, 6.07) is 0. The normalized spacial score (nSPS) is 11.0. The first-order valence-electron chi connectivity index (χ1n) is 2.36. The molecule has 0 unspecified atom stereocenters. The summed E-state index contributed by atoms with van der Waals surface area (Å²) in [6.45, 7) is 0. The molecule has 0 N–H and O–H groups in total. The number of hydrogen-bond acceptors (Lipinski definition) is 2. The topological polar surface area (TPSA) is 34.1 Å². The quantitative estimate of drug-likeness (QED) is 0.445. The van der Waals surface area contributed by atoms with E-state index in [1.807, 2.05) is 0 Å². The Balaban J connectivity index is 3.73. The minimum absolute atomic E-state index is 0.223. The van der Waals surface area contributed by atoms with Gasteiger partial charge in [0.2, 0.25) is 9.39 Å². The highest BCUT2D eigenvalue weighted by molar-refractivity contribution is 9.18. The Hall–Kier alpha value is -0.220. The Morgan fingerprint density at radius 2 is 1.20 bits per heavy atom. The van der Waals surface area contributed by atoms with Crippen LogP contribution in [0.4, 0.5) is 0 Å². The van der Waals surface area contributed by atoms with Crippen LogP contribution >= 0.6 is 31.9 Å². The van der Waals surface area contributed by atoms with Crippen LogP contribution in [0.5, 0.6) is 0 Å². The van der Waals surface area contributed by atoms with Crippen LogP contribution in [0.3, 0.4) is 0 Å². The van der Waals surface area contributed by atoms with Gasteiger partial charge in [-0.15, -0.1) is 0 Å². The average molecular weight is 268 g/mol. The van der Waals surface area contributed by atoms with Crippen molar-refractivity contribution in [1.29, 1.82) is 0 Å². The molecule has 0 amide bonds. The van der Waals surface area contributed by atoms with Gasteiger partial charge in [-0.05, 0) is 44.0 Å². The molecule has 0 aliphatic carbocycles. The Bertz CT molecular complexity index is 172. The molecule has 0 radical (unpaired) electrons. The summed E-state index contributed by atoms with van der Waals surface area (Å²) in [5.41, 5.74) is 0. The molecule has 0 spiro atoms. The van der Waals surface area contributed by atoms with E-state index in [0.29, 0.717) is 0 Å². The fourth-order valence-corrected chi connectivity index (χ4v) is 0.568. The third-order valence-corrected chi connectivity index (χ3v) is 1.09. The third-order valence-electron chi connectivity index (χ3n) is 0.566. The van der Waals surface area contributed by atoms with Gasteiger partial charge in [0.15, 0.2) is 0 Å². The zero-order valence-corrected chi connectivity index (χ0v) is 8.05. The first kappa shape index (κ1) is 9.78. The van der Waals surface area contributed by atoms with Gasteiger partial charge in [0.25, 0.3) is 0 Å². The van der Waals surface area contributed by atoms with Gasteiger partial charge in [-0.1, -0.05) is 12.2 Å². The number of rotatable bonds is 3. The van der Waals surface area contributed by atoms with Gasteiger partial charge in [0.1, 0.15) is 0 Å². The lowest BCUT2D eigenvalue weighted by atomic mass is 10.4. The molecule has 0 aromatic carbocycles. The minimum atomic E-state index is -0.223. The van der Waals surface area contributed by atoms with Crippen molar-refractivity contribution in [3.63, 3.8) is 0 Å². The van der Waals surface area contributed by atoms with Gasteiger partial charge >= 0.3 is 0 Å². The predicted molar refractivity (Wildman–Crippen MR) is 46.1 cm³/mol. The molecule has 0 fully saturated rings. The molecule has 0 aliphatic rings. The molecule has 54 valence electrons. The van der Waals surface area contributed by atoms with Crippen molar-refractivity contribution in [2.45, 2.75) is 0 Å². The molecule has 0 heterocycles. The minimum Gasteiger partial charge on any atom is -0.282 e. The number of hydrogen-bond donors (Lipinski definition) is 0. The summed E-state index contributed by atoms with van der Waals surface area (Å²) < 4.78 is -0.446. The molecule has 0 aromatic heterocycles. The van der Waals surface area contributed by atoms with Crippen LogP contribution in [-0.2, 0) is 9.59 Å². The van der Waals surface area contributed by atoms with Crippen molar-refractivity contribution in [1.82, 2.24) is 0 Å². The fraction of sp³-hybridized carbons (Fsp3) is 0. The summed E-state index contributed by atoms with van der Waals surface area (Å²) in [6.07, 6.45) is 5.53. The van der Waals surface area contributed by atoms with Crippen LogP contribution in [-0.4, -0.2) is 9.39 Å². The smallest absolute Gasteiger partial charge is 0.220 e. The van der Waals surface area contributed by atoms with E-state index in [1.165, 1.54) is 24.3 Å². The first-order chi connectivity index (χ1) is 4.63. The molecule has 10 heavy (non-hydrogen) atoms. The summed E-state index contributed by atoms with van der Waals surface area (Å²) in [5, 5.41) is 0. The van der Waals surface area contributed by atoms with Crippen molar-refractivity contribution in [2.24, 2.45) is 0 Å². The Labute approximate surface area is 75.2 Å². The largest absolute Gasteiger partial charge is 0.282 e. The average Bonchev–Trinajstić information content (AvgIpc) is 1.79. The lowest BCUT2D eigenvalue weighted by Gasteiger charge is -1.73. The van der Waals surface area contributed by atoms with E-state index in [-0.39, 0.29) is 9.39 Å². The zero-order valence-electron chi connectivity index (χ0n) is 4.88. The van der Waals surface area contributed by atoms with Gasteiger partial charge in [-0.25, -0.2) is 0 Å². The van der Waals surface area contributed by atoms with Crippen LogP contribution in [0.25, 0.3) is 0 Å². The lowest BCUT2D eigenvalue weighted by Crippen LogP contribution is -1.73. The highest BCUT2D eigenvalue weighted by Gasteiger charge is 1.82. The number of carbonyl (C=O) groups is 2. The maximum absolute atomic E-state index is 10.2. The molecular weight excluding hydrogens is 264 g/mol. The second-order valence-electron chi connectivity index (χ2n) is 1.33. The maximum Gasteiger partial charge on any atom is 0.220 e. The fourth-order valence-electron chi connectivity index (χ4n) is 0.262. The number of carbonyl (C=O) groups excluding carboxylic acids is 2. The van der Waals surface area contributed by atoms with E-state index in [1.54, 1.807) is 0 Å². The highest BCUT2D eigenvalue weighted by Crippen LogP contribution is 1.89. The SMILES string of the molecule is O=C(Br)/C=C/C=C/C(=O)Br. The second kappa shape index (κ2) is 5.56. The summed E-state index contributed by atoms with van der Waals surface area (Å²) >= 11 is 5.37. The lowest BCUT2D eigenvalue weighted by molar-refractivity contribution is -0.107. The Morgan fingerprint density at radius 1 is 0.900 bits per heavy atom. The molecule has 0 bridgehead atoms. The molecule has 0 aliphatic heterocycles. The van der Waals surface area contributed by atoms with Gasteiger partial charge < -0.3 is 0 Å². The van der Waals surface area contributed by atoms with Crippen LogP contribution in [0, 0.1) is 0 Å². The molecule has 2 nitrogen and oxygen atoms in total. The van der Waals surface area contributed by atoms with Crippen LogP contribution < -0.4 is 0 Å². The van der Waals surface area contributed by atoms with E-state index >= 15 is 0 Å². The van der Waals surface area contributed by atoms with E-state index in [4.69, 9.17) is 0 Å². The number of halogens is 2. The molecule has 0 saturated heterocycles. The Kier molecular flexibility index (Phi) is 5.43. The van der Waals surface area contributed by atoms with Crippen molar-refractivity contribution in [3.8, 4) is 0 Å². The van der Waals surface area contributed by atoms with Crippen LogP contribution in [0.15, 0.2) is 24.3 Å². The van der Waals surface area contributed by atoms with Gasteiger partial charge in [0.05, 0.1) is 0 Å². The van der Waals surface area contributed by atoms with Crippen LogP contribution in [0.2, 0.25) is 0 Å². The molecule has 0 aromatic rings. The van der Waals surface area contributed by atoms with Gasteiger partial charge in [-0.2, -0.15) is 0 Å². The van der Waals surface area contributed by atoms with Crippen molar-refractivity contribution in [3.05, 3.63) is 24.3 Å². The summed E-state index contributed by atoms with van der Waals surface area (Å²) in [7, 11) is 0. The maximum atomic E-state index is 10.2. The molecule has 0 rings (SSSR count). The predicted octanol–water partition coefficient (Wildman–Crippen LogP) is 1.94. The van der Waals surface area contributed by atoms with E-state index in [2.05, 4.69) is 31.9 Å². The van der Waals surface area contributed by atoms with Gasteiger partial charge in [-0.3, -0.25) is 9.59 Å². The van der Waals surface area contributed by atoms with E-state index < -0.39 is 0 Å². The highest BCUT2D eigenvalue weighted by atomic mass is 79.9. The summed E-state index contributed by atoms with van der Waals surface area (Å²) in [4.78, 5) is 20.4. The monoisotopic (exact) mass is 266 g/mol. The molecule has 0 saturated carbocycles. The van der Waals surface area contributed by atoms with E-state index in [0.717, 1.165) is 0 Å². The second-order valence-corrected chi connectivity index (χ2v) is 2.89. The van der Waals surface area contributed by atoms with Crippen molar-refractivity contribution >= 4 is 41.2 Å². The molecular formula is C6H4Br2O2.